The Balaban J connectivity index is 1.57. The van der Waals surface area contributed by atoms with Crippen molar-refractivity contribution in [1.29, 1.82) is 0 Å². The number of aromatic hydroxyl groups is 1. The fourth-order valence-corrected chi connectivity index (χ4v) is 4.55. The van der Waals surface area contributed by atoms with Crippen molar-refractivity contribution < 1.29 is 9.53 Å². The van der Waals surface area contributed by atoms with E-state index in [-0.39, 0.29) is 10.9 Å². The molecule has 2 N–H and O–H groups in total. The van der Waals surface area contributed by atoms with Crippen LogP contribution in [-0.2, 0) is 4.43 Å². The predicted molar refractivity (Wildman–Crippen MR) is 113 cm³/mol. The Morgan fingerprint density at radius 3 is 2.36 bits per heavy atom. The molecule has 0 amide bonds. The monoisotopic (exact) mass is 401 g/mol. The Labute approximate surface area is 168 Å². The van der Waals surface area contributed by atoms with Gasteiger partial charge in [0.2, 0.25) is 11.8 Å². The number of anilines is 1. The topological polar surface area (TPSA) is 93.0 Å². The van der Waals surface area contributed by atoms with E-state index in [0.29, 0.717) is 29.6 Å². The number of nitrogens with zero attached hydrogens (tertiary/aromatic N) is 4. The van der Waals surface area contributed by atoms with Gasteiger partial charge >= 0.3 is 0 Å². The second-order valence-corrected chi connectivity index (χ2v) is 13.8. The van der Waals surface area contributed by atoms with Crippen LogP contribution in [0.2, 0.25) is 18.1 Å². The zero-order valence-corrected chi connectivity index (χ0v) is 18.4. The molecule has 1 aliphatic carbocycles. The second kappa shape index (κ2) is 8.12. The van der Waals surface area contributed by atoms with E-state index in [1.807, 2.05) is 0 Å². The van der Waals surface area contributed by atoms with Crippen molar-refractivity contribution in [3.8, 4) is 17.4 Å². The van der Waals surface area contributed by atoms with Crippen molar-refractivity contribution in [2.45, 2.75) is 76.7 Å². The number of nitrogens with one attached hydrogen (secondary N) is 1. The molecule has 0 aliphatic heterocycles. The summed E-state index contributed by atoms with van der Waals surface area (Å²) in [5, 5.41) is 13.2. The van der Waals surface area contributed by atoms with Gasteiger partial charge in [0, 0.05) is 30.6 Å². The molecule has 0 saturated heterocycles. The molecule has 28 heavy (non-hydrogen) atoms. The molecule has 0 atom stereocenters. The van der Waals surface area contributed by atoms with Crippen LogP contribution in [0.4, 0.5) is 5.95 Å². The first-order chi connectivity index (χ1) is 13.1. The van der Waals surface area contributed by atoms with Crippen molar-refractivity contribution in [3.05, 3.63) is 24.5 Å². The molecule has 2 heterocycles. The lowest BCUT2D eigenvalue weighted by Gasteiger charge is -2.41. The molecule has 152 valence electrons. The maximum Gasteiger partial charge on any atom is 0.223 e. The Kier molecular flexibility index (Phi) is 6.00. The zero-order valence-electron chi connectivity index (χ0n) is 17.4. The van der Waals surface area contributed by atoms with E-state index < -0.39 is 8.32 Å². The van der Waals surface area contributed by atoms with Crippen molar-refractivity contribution in [2.75, 3.05) is 5.32 Å². The third-order valence-corrected chi connectivity index (χ3v) is 10.3. The van der Waals surface area contributed by atoms with Crippen molar-refractivity contribution >= 4 is 14.3 Å². The van der Waals surface area contributed by atoms with Crippen molar-refractivity contribution in [3.63, 3.8) is 0 Å². The lowest BCUT2D eigenvalue weighted by atomic mass is 9.93. The predicted octanol–water partition coefficient (Wildman–Crippen LogP) is 4.38. The molecule has 0 bridgehead atoms. The lowest BCUT2D eigenvalue weighted by Crippen LogP contribution is -2.45. The van der Waals surface area contributed by atoms with Crippen LogP contribution in [0.15, 0.2) is 24.5 Å². The first kappa shape index (κ1) is 20.7. The molecule has 1 aliphatic rings. The minimum Gasteiger partial charge on any atom is -0.493 e. The van der Waals surface area contributed by atoms with Crippen LogP contribution in [0.5, 0.6) is 5.88 Å². The lowest BCUT2D eigenvalue weighted by molar-refractivity contribution is 0.133. The van der Waals surface area contributed by atoms with Crippen molar-refractivity contribution in [1.82, 2.24) is 19.9 Å². The van der Waals surface area contributed by atoms with Crippen LogP contribution >= 0.6 is 0 Å². The Morgan fingerprint density at radius 2 is 1.71 bits per heavy atom. The summed E-state index contributed by atoms with van der Waals surface area (Å²) in [5.41, 5.74) is 0.586. The minimum atomic E-state index is -1.72. The standard InChI is InChI=1S/C20H31N5O2Si/c1-20(2,3)28(4,5)27-15-8-6-14(7-9-15)23-19-22-12-10-16(24-19)18-21-13-11-17(26)25-18/h10-15H,6-9H2,1-5H3,(H,21,25,26)(H,22,23,24). The summed E-state index contributed by atoms with van der Waals surface area (Å²) in [7, 11) is -1.72. The molecular weight excluding hydrogens is 370 g/mol. The van der Waals surface area contributed by atoms with Gasteiger partial charge in [-0.3, -0.25) is 0 Å². The minimum absolute atomic E-state index is 0.0711. The van der Waals surface area contributed by atoms with Gasteiger partial charge in [0.15, 0.2) is 14.1 Å². The Morgan fingerprint density at radius 1 is 1.04 bits per heavy atom. The highest BCUT2D eigenvalue weighted by atomic mass is 28.4. The maximum atomic E-state index is 9.54. The largest absolute Gasteiger partial charge is 0.493 e. The average Bonchev–Trinajstić information content (AvgIpc) is 2.62. The van der Waals surface area contributed by atoms with Gasteiger partial charge in [0.25, 0.3) is 0 Å². The highest BCUT2D eigenvalue weighted by Gasteiger charge is 2.39. The second-order valence-electron chi connectivity index (χ2n) is 9.00. The van der Waals surface area contributed by atoms with Gasteiger partial charge in [-0.05, 0) is 49.9 Å². The molecule has 2 aromatic heterocycles. The van der Waals surface area contributed by atoms with E-state index in [4.69, 9.17) is 4.43 Å². The van der Waals surface area contributed by atoms with E-state index in [0.717, 1.165) is 25.7 Å². The van der Waals surface area contributed by atoms with Gasteiger partial charge in [0.1, 0.15) is 5.69 Å². The molecule has 0 radical (unpaired) electrons. The fourth-order valence-electron chi connectivity index (χ4n) is 3.13. The first-order valence-electron chi connectivity index (χ1n) is 9.94. The highest BCUT2D eigenvalue weighted by Crippen LogP contribution is 2.39. The summed E-state index contributed by atoms with van der Waals surface area (Å²) in [4.78, 5) is 17.0. The van der Waals surface area contributed by atoms with Crippen LogP contribution in [-0.4, -0.2) is 45.5 Å². The van der Waals surface area contributed by atoms with Gasteiger partial charge in [-0.25, -0.2) is 15.0 Å². The third kappa shape index (κ3) is 5.05. The van der Waals surface area contributed by atoms with Gasteiger partial charge in [0.05, 0.1) is 0 Å². The summed E-state index contributed by atoms with van der Waals surface area (Å²) in [5.74, 6) is 0.883. The molecule has 1 fully saturated rings. The van der Waals surface area contributed by atoms with Crippen molar-refractivity contribution in [2.24, 2.45) is 0 Å². The maximum absolute atomic E-state index is 9.54. The van der Waals surface area contributed by atoms with Gasteiger partial charge in [-0.2, -0.15) is 4.98 Å². The smallest absolute Gasteiger partial charge is 0.223 e. The Hall–Kier alpha value is -2.06. The number of aromatic nitrogens is 4. The number of hydrogen-bond donors (Lipinski definition) is 2. The van der Waals surface area contributed by atoms with Crippen LogP contribution in [0.1, 0.15) is 46.5 Å². The normalized spacial score (nSPS) is 20.8. The van der Waals surface area contributed by atoms with Crippen LogP contribution in [0.3, 0.4) is 0 Å². The highest BCUT2D eigenvalue weighted by molar-refractivity contribution is 6.74. The molecule has 8 heteroatoms. The molecule has 0 aromatic carbocycles. The van der Waals surface area contributed by atoms with E-state index in [9.17, 15) is 5.11 Å². The molecule has 0 unspecified atom stereocenters. The molecule has 2 aromatic rings. The average molecular weight is 402 g/mol. The number of rotatable bonds is 5. The summed E-state index contributed by atoms with van der Waals surface area (Å²) in [6.07, 6.45) is 7.73. The summed E-state index contributed by atoms with van der Waals surface area (Å²) in [6.45, 7) is 11.5. The Bertz CT molecular complexity index is 801. The van der Waals surface area contributed by atoms with Gasteiger partial charge < -0.3 is 14.8 Å². The van der Waals surface area contributed by atoms with E-state index >= 15 is 0 Å². The van der Waals surface area contributed by atoms with E-state index in [1.165, 1.54) is 12.3 Å². The quantitative estimate of drug-likeness (QED) is 0.718. The molecular formula is C20H31N5O2Si. The summed E-state index contributed by atoms with van der Waals surface area (Å²) in [6, 6.07) is 3.51. The molecule has 1 saturated carbocycles. The molecule has 7 nitrogen and oxygen atoms in total. The zero-order chi connectivity index (χ0) is 20.4. The summed E-state index contributed by atoms with van der Waals surface area (Å²) < 4.78 is 6.57. The van der Waals surface area contributed by atoms with Crippen LogP contribution < -0.4 is 5.32 Å². The fraction of sp³-hybridized carbons (Fsp3) is 0.600. The third-order valence-electron chi connectivity index (χ3n) is 5.80. The summed E-state index contributed by atoms with van der Waals surface area (Å²) >= 11 is 0. The van der Waals surface area contributed by atoms with Gasteiger partial charge in [-0.15, -0.1) is 0 Å². The van der Waals surface area contributed by atoms with Crippen LogP contribution in [0.25, 0.3) is 11.5 Å². The van der Waals surface area contributed by atoms with E-state index in [2.05, 4.69) is 59.1 Å². The molecule has 3 rings (SSSR count). The first-order valence-corrected chi connectivity index (χ1v) is 12.8. The molecule has 0 spiro atoms. The van der Waals surface area contributed by atoms with Crippen LogP contribution in [0, 0.1) is 0 Å². The SMILES string of the molecule is CC(C)(C)[Si](C)(C)OC1CCC(Nc2nccc(-c3nccc(O)n3)n2)CC1. The number of hydrogen-bond acceptors (Lipinski definition) is 7. The van der Waals surface area contributed by atoms with Gasteiger partial charge in [-0.1, -0.05) is 20.8 Å². The van der Waals surface area contributed by atoms with E-state index in [1.54, 1.807) is 12.3 Å².